The van der Waals surface area contributed by atoms with Gasteiger partial charge < -0.3 is 14.5 Å². The number of methoxy groups -OCH3 is 1. The van der Waals surface area contributed by atoms with E-state index < -0.39 is 17.5 Å². The van der Waals surface area contributed by atoms with E-state index >= 15 is 0 Å². The summed E-state index contributed by atoms with van der Waals surface area (Å²) in [7, 11) is 1.26. The molecule has 1 aromatic carbocycles. The smallest absolute Gasteiger partial charge is 0.328 e. The first kappa shape index (κ1) is 20.3. The van der Waals surface area contributed by atoms with E-state index in [1.807, 2.05) is 30.3 Å². The molecule has 1 aromatic rings. The summed E-state index contributed by atoms with van der Waals surface area (Å²) in [5.41, 5.74) is 0.0811. The number of hydrogen-bond donors (Lipinski definition) is 0. The monoisotopic (exact) mass is 387 g/mol. The Labute approximate surface area is 166 Å². The number of piperidine rings is 1. The normalized spacial score (nSPS) is 20.7. The van der Waals surface area contributed by atoms with Crippen LogP contribution in [0.4, 0.5) is 4.79 Å². The van der Waals surface area contributed by atoms with E-state index in [0.717, 1.165) is 30.0 Å². The zero-order valence-electron chi connectivity index (χ0n) is 16.9. The van der Waals surface area contributed by atoms with Gasteiger partial charge >= 0.3 is 12.0 Å². The Bertz CT molecular complexity index is 728. The van der Waals surface area contributed by atoms with Gasteiger partial charge in [-0.05, 0) is 31.7 Å². The van der Waals surface area contributed by atoms with Crippen molar-refractivity contribution in [2.75, 3.05) is 26.7 Å². The number of amides is 3. The molecule has 0 bridgehead atoms. The molecule has 28 heavy (non-hydrogen) atoms. The highest BCUT2D eigenvalue weighted by Gasteiger charge is 2.58. The zero-order chi connectivity index (χ0) is 20.3. The Balaban J connectivity index is 1.88. The lowest BCUT2D eigenvalue weighted by atomic mass is 9.85. The van der Waals surface area contributed by atoms with Crippen molar-refractivity contribution in [1.29, 1.82) is 0 Å². The van der Waals surface area contributed by atoms with Crippen molar-refractivity contribution in [3.63, 3.8) is 0 Å². The summed E-state index contributed by atoms with van der Waals surface area (Å²) >= 11 is 0. The summed E-state index contributed by atoms with van der Waals surface area (Å²) in [6.45, 7) is 5.86. The van der Waals surface area contributed by atoms with Crippen LogP contribution < -0.4 is 0 Å². The number of imide groups is 1. The Hall–Kier alpha value is -2.41. The molecule has 0 saturated carbocycles. The van der Waals surface area contributed by atoms with Gasteiger partial charge in [0, 0.05) is 25.7 Å². The lowest BCUT2D eigenvalue weighted by Crippen LogP contribution is -2.57. The predicted octanol–water partition coefficient (Wildman–Crippen LogP) is 2.26. The van der Waals surface area contributed by atoms with Crippen molar-refractivity contribution < 1.29 is 19.1 Å². The highest BCUT2D eigenvalue weighted by molar-refractivity contribution is 6.08. The van der Waals surface area contributed by atoms with Crippen LogP contribution in [0.25, 0.3) is 0 Å². The lowest BCUT2D eigenvalue weighted by Gasteiger charge is -2.44. The van der Waals surface area contributed by atoms with Crippen LogP contribution in [-0.2, 0) is 20.9 Å². The van der Waals surface area contributed by atoms with Gasteiger partial charge in [0.2, 0.25) is 0 Å². The van der Waals surface area contributed by atoms with E-state index in [4.69, 9.17) is 0 Å². The fraction of sp³-hybridized carbons (Fsp3) is 0.571. The van der Waals surface area contributed by atoms with E-state index in [2.05, 4.69) is 23.5 Å². The number of rotatable bonds is 6. The van der Waals surface area contributed by atoms with E-state index in [0.29, 0.717) is 25.4 Å². The molecule has 2 aliphatic rings. The van der Waals surface area contributed by atoms with Crippen molar-refractivity contribution in [3.05, 3.63) is 35.9 Å². The van der Waals surface area contributed by atoms with Crippen molar-refractivity contribution in [3.8, 4) is 0 Å². The number of carbonyl (C=O) groups is 3. The van der Waals surface area contributed by atoms with Crippen molar-refractivity contribution in [2.24, 2.45) is 0 Å². The molecule has 3 amide bonds. The van der Waals surface area contributed by atoms with Crippen molar-refractivity contribution >= 4 is 17.9 Å². The van der Waals surface area contributed by atoms with Crippen LogP contribution >= 0.6 is 0 Å². The standard InChI is InChI=1S/C21H29N3O4/c1-4-16(2)22-12-10-21(11-13-22)19(26)23(15-18(25)28-3)20(27)24(21)14-17-8-6-5-7-9-17/h5-9,16H,4,10-15H2,1-3H3. The molecular weight excluding hydrogens is 358 g/mol. The molecule has 7 nitrogen and oxygen atoms in total. The Morgan fingerprint density at radius 1 is 1.18 bits per heavy atom. The van der Waals surface area contributed by atoms with Gasteiger partial charge in [-0.3, -0.25) is 14.5 Å². The Morgan fingerprint density at radius 3 is 2.39 bits per heavy atom. The second-order valence-electron chi connectivity index (χ2n) is 7.65. The van der Waals surface area contributed by atoms with Crippen LogP contribution in [-0.4, -0.2) is 70.9 Å². The second kappa shape index (κ2) is 8.31. The van der Waals surface area contributed by atoms with Gasteiger partial charge in [-0.25, -0.2) is 4.79 Å². The van der Waals surface area contributed by atoms with Gasteiger partial charge in [-0.15, -0.1) is 0 Å². The van der Waals surface area contributed by atoms with Crippen LogP contribution in [0.2, 0.25) is 0 Å². The molecular formula is C21H29N3O4. The zero-order valence-corrected chi connectivity index (χ0v) is 16.9. The van der Waals surface area contributed by atoms with Crippen LogP contribution in [0.1, 0.15) is 38.7 Å². The number of benzene rings is 1. The summed E-state index contributed by atoms with van der Waals surface area (Å²) in [6.07, 6.45) is 2.20. The first-order valence-corrected chi connectivity index (χ1v) is 9.91. The molecule has 1 unspecified atom stereocenters. The molecule has 7 heteroatoms. The summed E-state index contributed by atoms with van der Waals surface area (Å²) in [5.74, 6) is -0.863. The first-order chi connectivity index (χ1) is 13.4. The number of carbonyl (C=O) groups excluding carboxylic acids is 3. The molecule has 2 saturated heterocycles. The van der Waals surface area contributed by atoms with Crippen LogP contribution in [0.3, 0.4) is 0 Å². The van der Waals surface area contributed by atoms with Crippen LogP contribution in [0.15, 0.2) is 30.3 Å². The third-order valence-corrected chi connectivity index (χ3v) is 6.16. The molecule has 1 spiro atoms. The van der Waals surface area contributed by atoms with Crippen molar-refractivity contribution in [1.82, 2.24) is 14.7 Å². The number of urea groups is 1. The predicted molar refractivity (Wildman–Crippen MR) is 104 cm³/mol. The number of hydrogen-bond acceptors (Lipinski definition) is 5. The SMILES string of the molecule is CCC(C)N1CCC2(CC1)C(=O)N(CC(=O)OC)C(=O)N2Cc1ccccc1. The van der Waals surface area contributed by atoms with E-state index in [-0.39, 0.29) is 12.5 Å². The quantitative estimate of drug-likeness (QED) is 0.553. The number of esters is 1. The topological polar surface area (TPSA) is 70.2 Å². The molecule has 1 atom stereocenters. The van der Waals surface area contributed by atoms with Gasteiger partial charge in [-0.1, -0.05) is 37.3 Å². The molecule has 3 rings (SSSR count). The molecule has 2 heterocycles. The summed E-state index contributed by atoms with van der Waals surface area (Å²) < 4.78 is 4.69. The molecule has 0 radical (unpaired) electrons. The Kier molecular flexibility index (Phi) is 6.03. The number of likely N-dealkylation sites (tertiary alicyclic amines) is 1. The highest BCUT2D eigenvalue weighted by atomic mass is 16.5. The molecule has 2 aliphatic heterocycles. The van der Waals surface area contributed by atoms with E-state index in [1.165, 1.54) is 7.11 Å². The second-order valence-corrected chi connectivity index (χ2v) is 7.65. The average Bonchev–Trinajstić information content (AvgIpc) is 2.91. The fourth-order valence-corrected chi connectivity index (χ4v) is 4.18. The van der Waals surface area contributed by atoms with Crippen molar-refractivity contribution in [2.45, 2.75) is 51.2 Å². The van der Waals surface area contributed by atoms with Gasteiger partial charge in [0.05, 0.1) is 7.11 Å². The molecule has 0 aliphatic carbocycles. The number of ether oxygens (including phenoxy) is 1. The molecule has 0 aromatic heterocycles. The van der Waals surface area contributed by atoms with Crippen LogP contribution in [0, 0.1) is 0 Å². The minimum absolute atomic E-state index is 0.275. The van der Waals surface area contributed by atoms with E-state index in [1.54, 1.807) is 4.90 Å². The maximum atomic E-state index is 13.3. The minimum atomic E-state index is -0.884. The summed E-state index contributed by atoms with van der Waals surface area (Å²) in [4.78, 5) is 43.3. The Morgan fingerprint density at radius 2 is 1.82 bits per heavy atom. The lowest BCUT2D eigenvalue weighted by molar-refractivity contribution is -0.146. The van der Waals surface area contributed by atoms with Gasteiger partial charge in [-0.2, -0.15) is 0 Å². The third kappa shape index (κ3) is 3.63. The molecule has 152 valence electrons. The average molecular weight is 387 g/mol. The molecule has 2 fully saturated rings. The van der Waals surface area contributed by atoms with E-state index in [9.17, 15) is 14.4 Å². The van der Waals surface area contributed by atoms with Gasteiger partial charge in [0.1, 0.15) is 12.1 Å². The minimum Gasteiger partial charge on any atom is -0.468 e. The third-order valence-electron chi connectivity index (χ3n) is 6.16. The maximum absolute atomic E-state index is 13.3. The van der Waals surface area contributed by atoms with Gasteiger partial charge in [0.25, 0.3) is 5.91 Å². The van der Waals surface area contributed by atoms with Gasteiger partial charge in [0.15, 0.2) is 0 Å². The highest BCUT2D eigenvalue weighted by Crippen LogP contribution is 2.39. The molecule has 0 N–H and O–H groups in total. The fourth-order valence-electron chi connectivity index (χ4n) is 4.18. The maximum Gasteiger partial charge on any atom is 0.328 e. The first-order valence-electron chi connectivity index (χ1n) is 9.91. The number of nitrogens with zero attached hydrogens (tertiary/aromatic N) is 3. The summed E-state index contributed by atoms with van der Waals surface area (Å²) in [5, 5.41) is 0. The largest absolute Gasteiger partial charge is 0.468 e. The summed E-state index contributed by atoms with van der Waals surface area (Å²) in [6, 6.07) is 9.69. The van der Waals surface area contributed by atoms with Crippen LogP contribution in [0.5, 0.6) is 0 Å².